The van der Waals surface area contributed by atoms with Crippen LogP contribution in [0.2, 0.25) is 10.0 Å². The lowest BCUT2D eigenvalue weighted by atomic mass is 10.1. The van der Waals surface area contributed by atoms with Crippen LogP contribution in [0.25, 0.3) is 22.3 Å². The Balaban J connectivity index is 2.34. The number of hydrogen-bond acceptors (Lipinski definition) is 3. The second-order valence-corrected chi connectivity index (χ2v) is 5.62. The van der Waals surface area contributed by atoms with Crippen LogP contribution in [0.5, 0.6) is 5.75 Å². The molecule has 1 aromatic carbocycles. The Bertz CT molecular complexity index is 843. The van der Waals surface area contributed by atoms with E-state index in [9.17, 15) is 0 Å². The number of fused-ring (bicyclic) bond motifs is 1. The quantitative estimate of drug-likeness (QED) is 0.752. The number of hydrogen-bond donors (Lipinski definition) is 1. The van der Waals surface area contributed by atoms with Crippen molar-refractivity contribution >= 4 is 34.2 Å². The number of methoxy groups -OCH3 is 1. The zero-order valence-electron chi connectivity index (χ0n) is 11.8. The van der Waals surface area contributed by atoms with Crippen molar-refractivity contribution in [3.63, 3.8) is 0 Å². The number of H-pyrrole nitrogens is 1. The van der Waals surface area contributed by atoms with Gasteiger partial charge in [0.25, 0.3) is 0 Å². The number of benzene rings is 1. The minimum atomic E-state index is 0.471. The van der Waals surface area contributed by atoms with Crippen molar-refractivity contribution in [2.24, 2.45) is 0 Å². The van der Waals surface area contributed by atoms with Gasteiger partial charge in [-0.1, -0.05) is 23.2 Å². The fourth-order valence-electron chi connectivity index (χ4n) is 2.32. The van der Waals surface area contributed by atoms with Gasteiger partial charge in [-0.25, -0.2) is 9.97 Å². The predicted molar refractivity (Wildman–Crippen MR) is 85.4 cm³/mol. The monoisotopic (exact) mass is 321 g/mol. The average Bonchev–Trinajstić information content (AvgIpc) is 2.78. The maximum Gasteiger partial charge on any atom is 0.141 e. The van der Waals surface area contributed by atoms with Gasteiger partial charge in [0.05, 0.1) is 22.8 Å². The summed E-state index contributed by atoms with van der Waals surface area (Å²) in [5, 5.41) is 1.92. The van der Waals surface area contributed by atoms with Crippen molar-refractivity contribution in [1.82, 2.24) is 15.0 Å². The van der Waals surface area contributed by atoms with Gasteiger partial charge in [0.2, 0.25) is 0 Å². The number of nitrogens with one attached hydrogen (secondary N) is 1. The highest BCUT2D eigenvalue weighted by Crippen LogP contribution is 2.38. The zero-order chi connectivity index (χ0) is 15.1. The highest BCUT2D eigenvalue weighted by atomic mass is 35.5. The molecule has 3 rings (SSSR count). The Morgan fingerprint density at radius 1 is 1.05 bits per heavy atom. The molecule has 0 radical (unpaired) electrons. The molecule has 108 valence electrons. The SMILES string of the molecule is COc1cc(-c2nc(C)nc3[nH]c(C)cc23)c(Cl)cc1Cl. The van der Waals surface area contributed by atoms with Crippen molar-refractivity contribution in [3.05, 3.63) is 39.8 Å². The summed E-state index contributed by atoms with van der Waals surface area (Å²) in [6.07, 6.45) is 0. The summed E-state index contributed by atoms with van der Waals surface area (Å²) in [5.41, 5.74) is 3.34. The lowest BCUT2D eigenvalue weighted by Crippen LogP contribution is -1.94. The molecule has 0 unspecified atom stereocenters. The van der Waals surface area contributed by atoms with Gasteiger partial charge in [-0.05, 0) is 32.0 Å². The van der Waals surface area contributed by atoms with E-state index >= 15 is 0 Å². The van der Waals surface area contributed by atoms with E-state index in [1.54, 1.807) is 19.2 Å². The fraction of sp³-hybridized carbons (Fsp3) is 0.200. The average molecular weight is 322 g/mol. The first-order valence-corrected chi connectivity index (χ1v) is 7.12. The first-order valence-electron chi connectivity index (χ1n) is 6.37. The molecule has 0 saturated heterocycles. The van der Waals surface area contributed by atoms with Crippen molar-refractivity contribution in [2.75, 3.05) is 7.11 Å². The molecule has 0 aliphatic rings. The van der Waals surface area contributed by atoms with E-state index in [4.69, 9.17) is 27.9 Å². The maximum absolute atomic E-state index is 6.34. The summed E-state index contributed by atoms with van der Waals surface area (Å²) in [5.74, 6) is 1.23. The number of ether oxygens (including phenoxy) is 1. The summed E-state index contributed by atoms with van der Waals surface area (Å²) in [4.78, 5) is 12.2. The zero-order valence-corrected chi connectivity index (χ0v) is 13.3. The number of nitrogens with zero attached hydrogens (tertiary/aromatic N) is 2. The summed E-state index contributed by atoms with van der Waals surface area (Å²) in [6, 6.07) is 5.47. The van der Waals surface area contributed by atoms with Crippen molar-refractivity contribution < 1.29 is 4.74 Å². The van der Waals surface area contributed by atoms with Crippen LogP contribution in [-0.2, 0) is 0 Å². The van der Waals surface area contributed by atoms with Crippen LogP contribution in [0.3, 0.4) is 0 Å². The molecule has 1 N–H and O–H groups in total. The molecule has 0 bridgehead atoms. The highest BCUT2D eigenvalue weighted by Gasteiger charge is 2.16. The molecule has 0 aliphatic carbocycles. The Hall–Kier alpha value is -1.78. The van der Waals surface area contributed by atoms with Crippen LogP contribution >= 0.6 is 23.2 Å². The smallest absolute Gasteiger partial charge is 0.141 e. The summed E-state index contributed by atoms with van der Waals surface area (Å²) >= 11 is 12.4. The number of rotatable bonds is 2. The van der Waals surface area contributed by atoms with Crippen LogP contribution in [0.1, 0.15) is 11.5 Å². The van der Waals surface area contributed by atoms with E-state index < -0.39 is 0 Å². The molecule has 0 atom stereocenters. The summed E-state index contributed by atoms with van der Waals surface area (Å²) in [6.45, 7) is 3.82. The molecule has 3 aromatic rings. The summed E-state index contributed by atoms with van der Waals surface area (Å²) < 4.78 is 5.27. The summed E-state index contributed by atoms with van der Waals surface area (Å²) in [7, 11) is 1.57. The highest BCUT2D eigenvalue weighted by molar-refractivity contribution is 6.37. The van der Waals surface area contributed by atoms with Crippen LogP contribution in [0, 0.1) is 13.8 Å². The normalized spacial score (nSPS) is 11.1. The Labute approximate surface area is 132 Å². The number of aryl methyl sites for hydroxylation is 2. The van der Waals surface area contributed by atoms with Crippen LogP contribution in [0.15, 0.2) is 18.2 Å². The first kappa shape index (κ1) is 14.2. The predicted octanol–water partition coefficient (Wildman–Crippen LogP) is 4.56. The van der Waals surface area contributed by atoms with Gasteiger partial charge in [0.15, 0.2) is 0 Å². The van der Waals surface area contributed by atoms with Crippen LogP contribution < -0.4 is 4.74 Å². The molecule has 0 aliphatic heterocycles. The molecular formula is C15H13Cl2N3O. The van der Waals surface area contributed by atoms with E-state index in [0.29, 0.717) is 21.6 Å². The van der Waals surface area contributed by atoms with Gasteiger partial charge < -0.3 is 9.72 Å². The molecule has 0 saturated carbocycles. The Morgan fingerprint density at radius 3 is 2.52 bits per heavy atom. The van der Waals surface area contributed by atoms with E-state index in [1.807, 2.05) is 19.9 Å². The molecule has 0 spiro atoms. The molecule has 0 fully saturated rings. The van der Waals surface area contributed by atoms with E-state index in [2.05, 4.69) is 15.0 Å². The third kappa shape index (κ3) is 2.45. The van der Waals surface area contributed by atoms with Gasteiger partial charge >= 0.3 is 0 Å². The lowest BCUT2D eigenvalue weighted by molar-refractivity contribution is 0.415. The Morgan fingerprint density at radius 2 is 1.81 bits per heavy atom. The number of aromatic nitrogens is 3. The van der Waals surface area contributed by atoms with Crippen LogP contribution in [-0.4, -0.2) is 22.1 Å². The standard InChI is InChI=1S/C15H13Cl2N3O/c1-7-4-10-14(19-8(2)20-15(10)18-7)9-5-13(21-3)12(17)6-11(9)16/h4-6H,1-3H3,(H,18,19,20). The number of halogens is 2. The van der Waals surface area contributed by atoms with Crippen LogP contribution in [0.4, 0.5) is 0 Å². The number of aromatic amines is 1. The topological polar surface area (TPSA) is 50.8 Å². The van der Waals surface area contributed by atoms with Gasteiger partial charge in [-0.15, -0.1) is 0 Å². The minimum absolute atomic E-state index is 0.471. The van der Waals surface area contributed by atoms with Crippen molar-refractivity contribution in [3.8, 4) is 17.0 Å². The Kier molecular flexibility index (Phi) is 3.51. The fourth-order valence-corrected chi connectivity index (χ4v) is 2.87. The first-order chi connectivity index (χ1) is 9.99. The largest absolute Gasteiger partial charge is 0.495 e. The third-order valence-corrected chi connectivity index (χ3v) is 3.84. The molecule has 2 aromatic heterocycles. The lowest BCUT2D eigenvalue weighted by Gasteiger charge is -2.10. The van der Waals surface area contributed by atoms with Gasteiger partial charge in [0, 0.05) is 16.6 Å². The second-order valence-electron chi connectivity index (χ2n) is 4.80. The molecule has 21 heavy (non-hydrogen) atoms. The molecule has 6 heteroatoms. The molecular weight excluding hydrogens is 309 g/mol. The molecule has 0 amide bonds. The van der Waals surface area contributed by atoms with E-state index in [1.165, 1.54) is 0 Å². The van der Waals surface area contributed by atoms with Gasteiger partial charge in [-0.3, -0.25) is 0 Å². The van der Waals surface area contributed by atoms with Gasteiger partial charge in [-0.2, -0.15) is 0 Å². The minimum Gasteiger partial charge on any atom is -0.495 e. The molecule has 4 nitrogen and oxygen atoms in total. The van der Waals surface area contributed by atoms with Gasteiger partial charge in [0.1, 0.15) is 17.2 Å². The third-order valence-electron chi connectivity index (χ3n) is 3.23. The maximum atomic E-state index is 6.34. The van der Waals surface area contributed by atoms with Crippen molar-refractivity contribution in [1.29, 1.82) is 0 Å². The van der Waals surface area contributed by atoms with Crippen molar-refractivity contribution in [2.45, 2.75) is 13.8 Å². The van der Waals surface area contributed by atoms with E-state index in [0.717, 1.165) is 28.0 Å². The molecule has 2 heterocycles. The van der Waals surface area contributed by atoms with E-state index in [-0.39, 0.29) is 0 Å². The second kappa shape index (κ2) is 5.20.